The summed E-state index contributed by atoms with van der Waals surface area (Å²) >= 11 is 5.60. The first-order valence-electron chi connectivity index (χ1n) is 6.05. The van der Waals surface area contributed by atoms with E-state index in [1.807, 2.05) is 0 Å². The Morgan fingerprint density at radius 3 is 2.55 bits per heavy atom. The molecule has 0 atom stereocenters. The van der Waals surface area contributed by atoms with Gasteiger partial charge in [-0.1, -0.05) is 21.9 Å². The number of carbonyl (C=O) groups excluding carboxylic acids is 1. The van der Waals surface area contributed by atoms with Crippen molar-refractivity contribution in [3.8, 4) is 0 Å². The van der Waals surface area contributed by atoms with Gasteiger partial charge in [0.25, 0.3) is 0 Å². The fourth-order valence-electron chi connectivity index (χ4n) is 1.64. The molecule has 1 amide bonds. The molecule has 11 heteroatoms. The molecular formula is C11H11ClF3N5O2. The first kappa shape index (κ1) is 16.3. The number of alkyl halides is 3. The Balaban J connectivity index is 2.04. The second-order valence-corrected chi connectivity index (χ2v) is 4.85. The van der Waals surface area contributed by atoms with E-state index in [2.05, 4.69) is 25.4 Å². The lowest BCUT2D eigenvalue weighted by atomic mass is 10.3. The number of carbonyl (C=O) groups is 1. The van der Waals surface area contributed by atoms with Gasteiger partial charge in [0.15, 0.2) is 5.69 Å². The summed E-state index contributed by atoms with van der Waals surface area (Å²) in [5, 5.41) is 12.4. The monoisotopic (exact) mass is 337 g/mol. The molecule has 0 unspecified atom stereocenters. The summed E-state index contributed by atoms with van der Waals surface area (Å²) in [5.74, 6) is -0.543. The van der Waals surface area contributed by atoms with Crippen LogP contribution < -0.4 is 5.32 Å². The van der Waals surface area contributed by atoms with E-state index < -0.39 is 29.3 Å². The third-order valence-electron chi connectivity index (χ3n) is 2.89. The van der Waals surface area contributed by atoms with Crippen molar-refractivity contribution in [2.45, 2.75) is 33.1 Å². The van der Waals surface area contributed by atoms with Crippen molar-refractivity contribution in [2.75, 3.05) is 0 Å². The predicted octanol–water partition coefficient (Wildman–Crippen LogP) is 1.87. The molecule has 0 bridgehead atoms. The molecule has 2 aromatic heterocycles. The molecule has 120 valence electrons. The van der Waals surface area contributed by atoms with Crippen molar-refractivity contribution >= 4 is 17.5 Å². The highest BCUT2D eigenvalue weighted by atomic mass is 35.5. The van der Waals surface area contributed by atoms with E-state index in [9.17, 15) is 18.0 Å². The highest BCUT2D eigenvalue weighted by Gasteiger charge is 2.38. The van der Waals surface area contributed by atoms with Gasteiger partial charge in [-0.15, -0.1) is 0 Å². The molecule has 0 aliphatic rings. The fraction of sp³-hybridized carbons (Fsp3) is 0.455. The van der Waals surface area contributed by atoms with Crippen LogP contribution in [0, 0.1) is 13.8 Å². The number of nitrogens with one attached hydrogen (secondary N) is 1. The highest BCUT2D eigenvalue weighted by Crippen LogP contribution is 2.35. The first-order chi connectivity index (χ1) is 10.2. The number of halogens is 4. The molecule has 0 aliphatic heterocycles. The number of aromatic nitrogens is 4. The quantitative estimate of drug-likeness (QED) is 0.920. The highest BCUT2D eigenvalue weighted by molar-refractivity contribution is 6.32. The largest absolute Gasteiger partial charge is 0.436 e. The number of rotatable bonds is 4. The second-order valence-electron chi connectivity index (χ2n) is 4.48. The molecule has 0 saturated carbocycles. The fourth-order valence-corrected chi connectivity index (χ4v) is 1.89. The van der Waals surface area contributed by atoms with Crippen LogP contribution in [0.5, 0.6) is 0 Å². The van der Waals surface area contributed by atoms with Crippen LogP contribution in [0.4, 0.5) is 13.2 Å². The van der Waals surface area contributed by atoms with Gasteiger partial charge in [-0.2, -0.15) is 18.3 Å². The van der Waals surface area contributed by atoms with Crippen LogP contribution in [0.2, 0.25) is 5.02 Å². The third kappa shape index (κ3) is 3.38. The zero-order valence-corrected chi connectivity index (χ0v) is 12.3. The SMILES string of the molecule is Cc1nonc1CNC(=O)Cn1nc(C(F)(F)F)c(Cl)c1C. The summed E-state index contributed by atoms with van der Waals surface area (Å²) in [6, 6.07) is 0. The van der Waals surface area contributed by atoms with Gasteiger partial charge in [-0.05, 0) is 13.8 Å². The topological polar surface area (TPSA) is 85.8 Å². The van der Waals surface area contributed by atoms with Gasteiger partial charge >= 0.3 is 6.18 Å². The lowest BCUT2D eigenvalue weighted by Crippen LogP contribution is -2.28. The molecule has 2 rings (SSSR count). The lowest BCUT2D eigenvalue weighted by Gasteiger charge is -2.05. The van der Waals surface area contributed by atoms with E-state index in [1.54, 1.807) is 6.92 Å². The predicted molar refractivity (Wildman–Crippen MR) is 67.9 cm³/mol. The maximum atomic E-state index is 12.7. The minimum atomic E-state index is -4.67. The van der Waals surface area contributed by atoms with Crippen LogP contribution in [0.1, 0.15) is 22.8 Å². The minimum absolute atomic E-state index is 0.0499. The molecule has 0 fully saturated rings. The molecule has 0 radical (unpaired) electrons. The molecule has 2 heterocycles. The summed E-state index contributed by atoms with van der Waals surface area (Å²) in [6.45, 7) is 2.65. The molecule has 2 aromatic rings. The van der Waals surface area contributed by atoms with Crippen molar-refractivity contribution in [2.24, 2.45) is 0 Å². The Kier molecular flexibility index (Phi) is 4.40. The number of hydrogen-bond acceptors (Lipinski definition) is 5. The first-order valence-corrected chi connectivity index (χ1v) is 6.42. The van der Waals surface area contributed by atoms with Gasteiger partial charge in [-0.25, -0.2) is 4.63 Å². The van der Waals surface area contributed by atoms with Crippen LogP contribution in [-0.2, 0) is 24.1 Å². The second kappa shape index (κ2) is 5.95. The molecule has 22 heavy (non-hydrogen) atoms. The summed E-state index contributed by atoms with van der Waals surface area (Å²) in [4.78, 5) is 11.8. The van der Waals surface area contributed by atoms with E-state index in [0.29, 0.717) is 11.4 Å². The summed E-state index contributed by atoms with van der Waals surface area (Å²) < 4.78 is 43.4. The minimum Gasteiger partial charge on any atom is -0.349 e. The number of hydrogen-bond donors (Lipinski definition) is 1. The Morgan fingerprint density at radius 2 is 2.05 bits per heavy atom. The normalized spacial score (nSPS) is 11.7. The van der Waals surface area contributed by atoms with Crippen LogP contribution in [0.25, 0.3) is 0 Å². The average molecular weight is 338 g/mol. The number of amides is 1. The van der Waals surface area contributed by atoms with Crippen molar-refractivity contribution in [3.63, 3.8) is 0 Å². The van der Waals surface area contributed by atoms with Crippen molar-refractivity contribution < 1.29 is 22.6 Å². The lowest BCUT2D eigenvalue weighted by molar-refractivity contribution is -0.141. The van der Waals surface area contributed by atoms with Crippen molar-refractivity contribution in [1.82, 2.24) is 25.4 Å². The third-order valence-corrected chi connectivity index (χ3v) is 3.35. The van der Waals surface area contributed by atoms with Crippen LogP contribution in [0.15, 0.2) is 4.63 Å². The molecule has 0 saturated heterocycles. The number of aryl methyl sites for hydroxylation is 1. The Labute approximate surface area is 127 Å². The molecule has 0 aliphatic carbocycles. The Hall–Kier alpha value is -2.10. The zero-order valence-electron chi connectivity index (χ0n) is 11.5. The molecule has 0 spiro atoms. The van der Waals surface area contributed by atoms with Gasteiger partial charge in [-0.3, -0.25) is 9.48 Å². The van der Waals surface area contributed by atoms with Gasteiger partial charge < -0.3 is 5.32 Å². The van der Waals surface area contributed by atoms with E-state index in [4.69, 9.17) is 11.6 Å². The van der Waals surface area contributed by atoms with Gasteiger partial charge in [0.05, 0.1) is 17.3 Å². The smallest absolute Gasteiger partial charge is 0.349 e. The van der Waals surface area contributed by atoms with Crippen molar-refractivity contribution in [1.29, 1.82) is 0 Å². The van der Waals surface area contributed by atoms with Crippen molar-refractivity contribution in [3.05, 3.63) is 27.8 Å². The van der Waals surface area contributed by atoms with E-state index >= 15 is 0 Å². The maximum Gasteiger partial charge on any atom is 0.436 e. The summed E-state index contributed by atoms with van der Waals surface area (Å²) in [6.07, 6.45) is -4.67. The van der Waals surface area contributed by atoms with Gasteiger partial charge in [0.1, 0.15) is 17.9 Å². The molecular weight excluding hydrogens is 327 g/mol. The van der Waals surface area contributed by atoms with E-state index in [1.165, 1.54) is 6.92 Å². The van der Waals surface area contributed by atoms with E-state index in [-0.39, 0.29) is 12.2 Å². The molecule has 1 N–H and O–H groups in total. The number of nitrogens with zero attached hydrogens (tertiary/aromatic N) is 4. The van der Waals surface area contributed by atoms with E-state index in [0.717, 1.165) is 4.68 Å². The molecule has 0 aromatic carbocycles. The maximum absolute atomic E-state index is 12.7. The Bertz CT molecular complexity index is 694. The van der Waals surface area contributed by atoms with Crippen LogP contribution in [-0.4, -0.2) is 26.0 Å². The summed E-state index contributed by atoms with van der Waals surface area (Å²) in [5.41, 5.74) is -0.211. The van der Waals surface area contributed by atoms with Crippen LogP contribution >= 0.6 is 11.6 Å². The summed E-state index contributed by atoms with van der Waals surface area (Å²) in [7, 11) is 0. The zero-order chi connectivity index (χ0) is 16.5. The molecule has 7 nitrogen and oxygen atoms in total. The van der Waals surface area contributed by atoms with Crippen LogP contribution in [0.3, 0.4) is 0 Å². The van der Waals surface area contributed by atoms with Gasteiger partial charge in [0, 0.05) is 0 Å². The standard InChI is InChI=1S/C11H11ClF3N5O2/c1-5-7(19-22-18-5)3-16-8(21)4-20-6(2)9(12)10(17-20)11(13,14)15/h3-4H2,1-2H3,(H,16,21). The Morgan fingerprint density at radius 1 is 1.36 bits per heavy atom. The van der Waals surface area contributed by atoms with Gasteiger partial charge in [0.2, 0.25) is 5.91 Å². The average Bonchev–Trinajstić information content (AvgIpc) is 2.94.